The summed E-state index contributed by atoms with van der Waals surface area (Å²) in [5.74, 6) is 0.833. The third kappa shape index (κ3) is 6.04. The smallest absolute Gasteiger partial charge is 0.228 e. The Morgan fingerprint density at radius 3 is 2.70 bits per heavy atom. The summed E-state index contributed by atoms with van der Waals surface area (Å²) in [6.45, 7) is 4.28. The fourth-order valence-electron chi connectivity index (χ4n) is 6.83. The summed E-state index contributed by atoms with van der Waals surface area (Å²) in [6, 6.07) is 4.78. The van der Waals surface area contributed by atoms with Crippen LogP contribution in [-0.2, 0) is 9.53 Å². The molecule has 10 nitrogen and oxygen atoms in total. The number of amides is 1. The molecule has 0 aromatic carbocycles. The summed E-state index contributed by atoms with van der Waals surface area (Å²) in [5.41, 5.74) is 0.658. The highest BCUT2D eigenvalue weighted by molar-refractivity contribution is 7.19. The minimum absolute atomic E-state index is 0.0576. The average molecular weight is 527 g/mol. The van der Waals surface area contributed by atoms with Gasteiger partial charge in [-0.3, -0.25) is 9.69 Å². The fourth-order valence-corrected chi connectivity index (χ4v) is 7.57. The Labute approximate surface area is 222 Å². The van der Waals surface area contributed by atoms with Crippen LogP contribution in [0.1, 0.15) is 64.2 Å². The summed E-state index contributed by atoms with van der Waals surface area (Å²) >= 11 is 1.38. The van der Waals surface area contributed by atoms with Gasteiger partial charge in [0, 0.05) is 44.5 Å². The second-order valence-corrected chi connectivity index (χ2v) is 12.2. The third-order valence-corrected chi connectivity index (χ3v) is 9.62. The van der Waals surface area contributed by atoms with Gasteiger partial charge in [-0.25, -0.2) is 0 Å². The Kier molecular flexibility index (Phi) is 7.53. The molecule has 2 saturated carbocycles. The van der Waals surface area contributed by atoms with Crippen molar-refractivity contribution in [3.05, 3.63) is 18.3 Å². The largest absolute Gasteiger partial charge is 0.375 e. The van der Waals surface area contributed by atoms with E-state index in [1.807, 2.05) is 12.1 Å². The topological polar surface area (TPSA) is 108 Å². The first-order chi connectivity index (χ1) is 18.1. The molecule has 2 aliphatic heterocycles. The fraction of sp³-hybridized carbons (Fsp3) is 0.731. The van der Waals surface area contributed by atoms with Crippen LogP contribution in [0.2, 0.25) is 0 Å². The Hall–Kier alpha value is -2.37. The van der Waals surface area contributed by atoms with Crippen LogP contribution in [-0.4, -0.2) is 82.2 Å². The first-order valence-corrected chi connectivity index (χ1v) is 14.7. The summed E-state index contributed by atoms with van der Waals surface area (Å²) < 4.78 is 5.98. The molecule has 4 heterocycles. The molecular formula is C26H38N8O2S. The molecule has 2 saturated heterocycles. The SMILES string of the molecule is O=C(CC1CN(C2CCC3(CCCC3)CC2)CCO1)Nc1nnc(N[C@@H]2CCN(c3cccnn3)C2)s1. The molecule has 2 aliphatic carbocycles. The number of hydrogen-bond acceptors (Lipinski definition) is 10. The number of ether oxygens (including phenoxy) is 1. The molecule has 4 aliphatic rings. The minimum Gasteiger partial charge on any atom is -0.375 e. The molecule has 0 bridgehead atoms. The second-order valence-electron chi connectivity index (χ2n) is 11.2. The Morgan fingerprint density at radius 2 is 1.89 bits per heavy atom. The lowest BCUT2D eigenvalue weighted by atomic mass is 9.71. The van der Waals surface area contributed by atoms with Gasteiger partial charge in [-0.1, -0.05) is 24.2 Å². The molecule has 6 rings (SSSR count). The van der Waals surface area contributed by atoms with E-state index in [2.05, 4.69) is 40.8 Å². The van der Waals surface area contributed by atoms with Gasteiger partial charge in [-0.2, -0.15) is 5.10 Å². The molecule has 11 heteroatoms. The first kappa shape index (κ1) is 24.9. The third-order valence-electron chi connectivity index (χ3n) is 8.85. The van der Waals surface area contributed by atoms with Crippen LogP contribution in [0.25, 0.3) is 0 Å². The van der Waals surface area contributed by atoms with Crippen molar-refractivity contribution in [2.75, 3.05) is 48.3 Å². The molecule has 2 atom stereocenters. The van der Waals surface area contributed by atoms with Crippen molar-refractivity contribution in [3.63, 3.8) is 0 Å². The van der Waals surface area contributed by atoms with E-state index >= 15 is 0 Å². The molecule has 2 aromatic heterocycles. The minimum atomic E-state index is -0.0628. The number of hydrogen-bond donors (Lipinski definition) is 2. The maximum Gasteiger partial charge on any atom is 0.228 e. The van der Waals surface area contributed by atoms with Crippen molar-refractivity contribution < 1.29 is 9.53 Å². The zero-order valence-corrected chi connectivity index (χ0v) is 22.3. The standard InChI is InChI=1S/C26H38N8O2S/c35-23(16-21-18-33(14-15-36-21)20-5-10-26(11-6-20)8-1-2-9-26)29-25-32-31-24(37-25)28-19-7-13-34(17-19)22-4-3-12-27-30-22/h3-4,12,19-21H,1-2,5-11,13-18H2,(H,28,31)(H,29,32,35)/t19-,21?/m1/s1. The van der Waals surface area contributed by atoms with Gasteiger partial charge < -0.3 is 20.3 Å². The number of nitrogens with one attached hydrogen (secondary N) is 2. The van der Waals surface area contributed by atoms with Gasteiger partial charge in [0.1, 0.15) is 0 Å². The van der Waals surface area contributed by atoms with Crippen LogP contribution in [0.3, 0.4) is 0 Å². The molecule has 1 spiro atoms. The van der Waals surface area contributed by atoms with Gasteiger partial charge in [-0.15, -0.1) is 15.3 Å². The zero-order valence-electron chi connectivity index (χ0n) is 21.5. The van der Waals surface area contributed by atoms with Gasteiger partial charge in [0.2, 0.25) is 16.2 Å². The van der Waals surface area contributed by atoms with Crippen molar-refractivity contribution in [1.82, 2.24) is 25.3 Å². The number of nitrogens with zero attached hydrogens (tertiary/aromatic N) is 6. The van der Waals surface area contributed by atoms with Crippen LogP contribution in [0, 0.1) is 5.41 Å². The highest BCUT2D eigenvalue weighted by Crippen LogP contribution is 2.49. The molecule has 37 heavy (non-hydrogen) atoms. The molecule has 1 unspecified atom stereocenters. The molecule has 2 N–H and O–H groups in total. The quantitative estimate of drug-likeness (QED) is 0.560. The molecular weight excluding hydrogens is 488 g/mol. The van der Waals surface area contributed by atoms with Crippen LogP contribution in [0.4, 0.5) is 16.1 Å². The maximum atomic E-state index is 12.8. The van der Waals surface area contributed by atoms with Gasteiger partial charge in [0.05, 0.1) is 19.1 Å². The van der Waals surface area contributed by atoms with E-state index in [1.165, 1.54) is 62.7 Å². The van der Waals surface area contributed by atoms with Crippen molar-refractivity contribution in [2.45, 2.75) is 82.4 Å². The summed E-state index contributed by atoms with van der Waals surface area (Å²) in [5, 5.41) is 24.2. The highest BCUT2D eigenvalue weighted by atomic mass is 32.1. The van der Waals surface area contributed by atoms with E-state index in [0.29, 0.717) is 29.6 Å². The van der Waals surface area contributed by atoms with Gasteiger partial charge in [0.15, 0.2) is 5.82 Å². The van der Waals surface area contributed by atoms with E-state index in [-0.39, 0.29) is 18.1 Å². The summed E-state index contributed by atoms with van der Waals surface area (Å²) in [4.78, 5) is 17.6. The molecule has 4 fully saturated rings. The van der Waals surface area contributed by atoms with Gasteiger partial charge in [-0.05, 0) is 62.5 Å². The Bertz CT molecular complexity index is 1040. The number of anilines is 3. The van der Waals surface area contributed by atoms with E-state index in [4.69, 9.17) is 4.74 Å². The normalized spacial score (nSPS) is 26.5. The lowest BCUT2D eigenvalue weighted by molar-refractivity contribution is -0.122. The number of morpholine rings is 1. The van der Waals surface area contributed by atoms with Gasteiger partial charge in [0.25, 0.3) is 0 Å². The maximum absolute atomic E-state index is 12.8. The lowest BCUT2D eigenvalue weighted by Crippen LogP contribution is -2.50. The molecule has 2 aromatic rings. The van der Waals surface area contributed by atoms with Crippen molar-refractivity contribution in [1.29, 1.82) is 0 Å². The molecule has 0 radical (unpaired) electrons. The Balaban J connectivity index is 0.944. The number of carbonyl (C=O) groups is 1. The van der Waals surface area contributed by atoms with Crippen LogP contribution in [0.15, 0.2) is 18.3 Å². The van der Waals surface area contributed by atoms with Crippen LogP contribution < -0.4 is 15.5 Å². The first-order valence-electron chi connectivity index (χ1n) is 13.9. The molecule has 1 amide bonds. The van der Waals surface area contributed by atoms with Crippen molar-refractivity contribution in [2.24, 2.45) is 5.41 Å². The number of rotatable bonds is 7. The van der Waals surface area contributed by atoms with E-state index in [0.717, 1.165) is 43.5 Å². The van der Waals surface area contributed by atoms with E-state index in [1.54, 1.807) is 6.20 Å². The Morgan fingerprint density at radius 1 is 1.05 bits per heavy atom. The predicted octanol–water partition coefficient (Wildman–Crippen LogP) is 3.55. The van der Waals surface area contributed by atoms with Crippen molar-refractivity contribution >= 4 is 33.3 Å². The zero-order chi connectivity index (χ0) is 25.1. The monoisotopic (exact) mass is 526 g/mol. The van der Waals surface area contributed by atoms with Crippen LogP contribution in [0.5, 0.6) is 0 Å². The summed E-state index contributed by atoms with van der Waals surface area (Å²) in [7, 11) is 0. The second kappa shape index (κ2) is 11.2. The van der Waals surface area contributed by atoms with E-state index in [9.17, 15) is 4.79 Å². The highest BCUT2D eigenvalue weighted by Gasteiger charge is 2.39. The number of aromatic nitrogens is 4. The van der Waals surface area contributed by atoms with Crippen LogP contribution >= 0.6 is 11.3 Å². The predicted molar refractivity (Wildman–Crippen MR) is 144 cm³/mol. The summed E-state index contributed by atoms with van der Waals surface area (Å²) in [6.07, 6.45) is 14.1. The molecule has 200 valence electrons. The number of carbonyl (C=O) groups excluding carboxylic acids is 1. The van der Waals surface area contributed by atoms with E-state index < -0.39 is 0 Å². The van der Waals surface area contributed by atoms with Crippen molar-refractivity contribution in [3.8, 4) is 0 Å². The lowest BCUT2D eigenvalue weighted by Gasteiger charge is -2.44. The average Bonchev–Trinajstić information content (AvgIpc) is 3.68. The van der Waals surface area contributed by atoms with Gasteiger partial charge >= 0.3 is 0 Å².